The number of carbonyl (C=O) groups is 1. The molecule has 1 atom stereocenters. The smallest absolute Gasteiger partial charge is 0.349 e. The Morgan fingerprint density at radius 1 is 1.29 bits per heavy atom. The van der Waals surface area contributed by atoms with E-state index in [1.54, 1.807) is 0 Å². The summed E-state index contributed by atoms with van der Waals surface area (Å²) in [6.45, 7) is 1.05. The van der Waals surface area contributed by atoms with Crippen molar-refractivity contribution in [3.05, 3.63) is 29.7 Å². The minimum absolute atomic E-state index is 0. The van der Waals surface area contributed by atoms with E-state index in [9.17, 15) is 18.0 Å². The van der Waals surface area contributed by atoms with Crippen LogP contribution in [0.4, 0.5) is 13.2 Å². The molecule has 2 aromatic rings. The Hall–Kier alpha value is -1.53. The fraction of sp³-hybridized carbons (Fsp3) is 0.467. The fourth-order valence-corrected chi connectivity index (χ4v) is 3.39. The summed E-state index contributed by atoms with van der Waals surface area (Å²) < 4.78 is 40.0. The molecule has 1 aliphatic heterocycles. The Labute approximate surface area is 176 Å². The molecular formula is C15H19Cl2F3N6OS. The van der Waals surface area contributed by atoms with Gasteiger partial charge in [-0.1, -0.05) is 0 Å². The number of thiazole rings is 1. The first-order chi connectivity index (χ1) is 12.4. The topological polar surface area (TPSA) is 83.0 Å². The van der Waals surface area contributed by atoms with Crippen molar-refractivity contribution in [2.24, 2.45) is 0 Å². The number of hydrogen-bond acceptors (Lipinski definition) is 7. The van der Waals surface area contributed by atoms with Gasteiger partial charge in [-0.25, -0.2) is 4.98 Å². The summed E-state index contributed by atoms with van der Waals surface area (Å²) in [5, 5.41) is 7.35. The average Bonchev–Trinajstić information content (AvgIpc) is 3.12. The van der Waals surface area contributed by atoms with Gasteiger partial charge >= 0.3 is 6.18 Å². The largest absolute Gasteiger partial charge is 0.405 e. The van der Waals surface area contributed by atoms with Gasteiger partial charge in [-0.05, 0) is 0 Å². The van der Waals surface area contributed by atoms with E-state index in [1.807, 2.05) is 0 Å². The molecule has 2 N–H and O–H groups in total. The Bertz CT molecular complexity index is 743. The molecular weight excluding hydrogens is 440 g/mol. The van der Waals surface area contributed by atoms with Gasteiger partial charge in [0.25, 0.3) is 5.91 Å². The Kier molecular flexibility index (Phi) is 9.51. The third kappa shape index (κ3) is 6.24. The maximum absolute atomic E-state index is 13.3. The van der Waals surface area contributed by atoms with Crippen molar-refractivity contribution in [2.45, 2.75) is 12.2 Å². The van der Waals surface area contributed by atoms with Crippen LogP contribution in [-0.2, 0) is 0 Å². The van der Waals surface area contributed by atoms with Crippen LogP contribution in [0.1, 0.15) is 10.5 Å². The molecule has 0 saturated carbocycles. The number of rotatable bonds is 5. The van der Waals surface area contributed by atoms with E-state index in [0.717, 1.165) is 0 Å². The zero-order valence-corrected chi connectivity index (χ0v) is 16.9. The highest BCUT2D eigenvalue weighted by Gasteiger charge is 2.43. The number of nitrogens with zero attached hydrogens (tertiary/aromatic N) is 4. The first-order valence-electron chi connectivity index (χ1n) is 7.97. The first-order valence-corrected chi connectivity index (χ1v) is 8.84. The maximum Gasteiger partial charge on any atom is 0.405 e. The van der Waals surface area contributed by atoms with E-state index >= 15 is 0 Å². The molecule has 1 fully saturated rings. The maximum atomic E-state index is 13.3. The van der Waals surface area contributed by atoms with E-state index in [1.165, 1.54) is 40.2 Å². The van der Waals surface area contributed by atoms with Gasteiger partial charge in [-0.15, -0.1) is 36.2 Å². The second kappa shape index (κ2) is 10.9. The normalized spacial score (nSPS) is 15.8. The van der Waals surface area contributed by atoms with Crippen LogP contribution in [0.2, 0.25) is 0 Å². The van der Waals surface area contributed by atoms with Gasteiger partial charge in [0.2, 0.25) is 0 Å². The molecule has 156 valence electrons. The molecule has 3 heterocycles. The van der Waals surface area contributed by atoms with Crippen LogP contribution < -0.4 is 10.6 Å². The molecule has 1 saturated heterocycles. The van der Waals surface area contributed by atoms with Crippen LogP contribution in [0.15, 0.2) is 24.0 Å². The summed E-state index contributed by atoms with van der Waals surface area (Å²) in [6, 6.07) is -1.72. The van der Waals surface area contributed by atoms with E-state index in [2.05, 4.69) is 25.6 Å². The highest BCUT2D eigenvalue weighted by molar-refractivity contribution is 7.13. The van der Waals surface area contributed by atoms with Gasteiger partial charge in [0, 0.05) is 50.5 Å². The van der Waals surface area contributed by atoms with Crippen molar-refractivity contribution in [1.82, 2.24) is 30.5 Å². The third-order valence-electron chi connectivity index (χ3n) is 3.95. The lowest BCUT2D eigenvalue weighted by molar-refractivity contribution is -0.183. The molecule has 0 spiro atoms. The number of amides is 1. The predicted octanol–water partition coefficient (Wildman–Crippen LogP) is 2.01. The monoisotopic (exact) mass is 458 g/mol. The molecule has 1 amide bonds. The molecule has 13 heteroatoms. The number of hydrogen-bond donors (Lipinski definition) is 2. The van der Waals surface area contributed by atoms with Gasteiger partial charge in [-0.3, -0.25) is 19.7 Å². The molecule has 3 rings (SSSR count). The minimum Gasteiger partial charge on any atom is -0.349 e. The molecule has 2 aromatic heterocycles. The molecule has 0 aromatic carbocycles. The summed E-state index contributed by atoms with van der Waals surface area (Å²) in [7, 11) is 0. The lowest BCUT2D eigenvalue weighted by Crippen LogP contribution is -2.57. The Morgan fingerprint density at radius 3 is 2.61 bits per heavy atom. The lowest BCUT2D eigenvalue weighted by Gasteiger charge is -2.35. The summed E-state index contributed by atoms with van der Waals surface area (Å²) in [5.41, 5.74) is 0.572. The minimum atomic E-state index is -4.42. The van der Waals surface area contributed by atoms with E-state index in [-0.39, 0.29) is 43.6 Å². The molecule has 1 unspecified atom stereocenters. The third-order valence-corrected chi connectivity index (χ3v) is 4.81. The molecule has 0 radical (unpaired) electrons. The number of aromatic nitrogens is 3. The van der Waals surface area contributed by atoms with Crippen molar-refractivity contribution in [1.29, 1.82) is 0 Å². The Balaban J connectivity index is 0.00000196. The van der Waals surface area contributed by atoms with Gasteiger partial charge in [0.15, 0.2) is 0 Å². The summed E-state index contributed by atoms with van der Waals surface area (Å²) in [5.74, 6) is -0.638. The molecule has 28 heavy (non-hydrogen) atoms. The summed E-state index contributed by atoms with van der Waals surface area (Å²) >= 11 is 1.18. The van der Waals surface area contributed by atoms with Gasteiger partial charge in [0.1, 0.15) is 22.4 Å². The molecule has 1 aliphatic rings. The van der Waals surface area contributed by atoms with Crippen LogP contribution in [0.5, 0.6) is 0 Å². The lowest BCUT2D eigenvalue weighted by atomic mass is 10.2. The highest BCUT2D eigenvalue weighted by atomic mass is 35.5. The summed E-state index contributed by atoms with van der Waals surface area (Å²) in [6.07, 6.45) is 0.0953. The van der Waals surface area contributed by atoms with Crippen molar-refractivity contribution >= 4 is 42.1 Å². The SMILES string of the molecule is Cl.Cl.O=C(NCC(N1CCNCC1)C(F)(F)F)c1csc(-c2cnccn2)n1. The molecule has 0 bridgehead atoms. The second-order valence-corrected chi connectivity index (χ2v) is 6.54. The number of nitrogens with one attached hydrogen (secondary N) is 2. The van der Waals surface area contributed by atoms with Crippen molar-refractivity contribution < 1.29 is 18.0 Å². The van der Waals surface area contributed by atoms with Crippen molar-refractivity contribution in [3.8, 4) is 10.7 Å². The molecule has 0 aliphatic carbocycles. The van der Waals surface area contributed by atoms with E-state index < -0.39 is 24.7 Å². The zero-order chi connectivity index (χ0) is 18.6. The predicted molar refractivity (Wildman–Crippen MR) is 104 cm³/mol. The van der Waals surface area contributed by atoms with Gasteiger partial charge < -0.3 is 10.6 Å². The number of halogens is 5. The quantitative estimate of drug-likeness (QED) is 0.712. The number of carbonyl (C=O) groups excluding carboxylic acids is 1. The zero-order valence-electron chi connectivity index (χ0n) is 14.5. The molecule has 7 nitrogen and oxygen atoms in total. The number of alkyl halides is 3. The standard InChI is InChI=1S/C15H17F3N6OS.2ClH/c16-15(17,18)12(24-5-3-19-4-6-24)8-22-13(25)11-9-26-14(23-11)10-7-20-1-2-21-10;;/h1-2,7,9,12,19H,3-6,8H2,(H,22,25);2*1H. The average molecular weight is 459 g/mol. The van der Waals surface area contributed by atoms with Crippen LogP contribution in [-0.4, -0.2) is 70.7 Å². The van der Waals surface area contributed by atoms with E-state index in [0.29, 0.717) is 23.8 Å². The van der Waals surface area contributed by atoms with Crippen molar-refractivity contribution in [3.63, 3.8) is 0 Å². The van der Waals surface area contributed by atoms with E-state index in [4.69, 9.17) is 0 Å². The van der Waals surface area contributed by atoms with Crippen LogP contribution in [0.25, 0.3) is 10.7 Å². The van der Waals surface area contributed by atoms with Crippen LogP contribution >= 0.6 is 36.2 Å². The first kappa shape index (κ1) is 24.5. The fourth-order valence-electron chi connectivity index (χ4n) is 2.63. The Morgan fingerprint density at radius 2 is 2.00 bits per heavy atom. The van der Waals surface area contributed by atoms with Gasteiger partial charge in [-0.2, -0.15) is 13.2 Å². The van der Waals surface area contributed by atoms with Crippen molar-refractivity contribution in [2.75, 3.05) is 32.7 Å². The highest BCUT2D eigenvalue weighted by Crippen LogP contribution is 2.25. The number of piperazine rings is 1. The van der Waals surface area contributed by atoms with Crippen LogP contribution in [0.3, 0.4) is 0 Å². The second-order valence-electron chi connectivity index (χ2n) is 5.68. The summed E-state index contributed by atoms with van der Waals surface area (Å²) in [4.78, 5) is 25.7. The van der Waals surface area contributed by atoms with Crippen LogP contribution in [0, 0.1) is 0 Å². The van der Waals surface area contributed by atoms with Gasteiger partial charge in [0.05, 0.1) is 6.20 Å².